The lowest BCUT2D eigenvalue weighted by Gasteiger charge is -2.31. The van der Waals surface area contributed by atoms with Crippen molar-refractivity contribution in [3.8, 4) is 5.75 Å². The molecule has 3 aromatic carbocycles. The maximum atomic E-state index is 12.7. The van der Waals surface area contributed by atoms with E-state index < -0.39 is 0 Å². The molecule has 1 aromatic heterocycles. The van der Waals surface area contributed by atoms with Crippen molar-refractivity contribution in [2.45, 2.75) is 18.4 Å². The van der Waals surface area contributed by atoms with Crippen LogP contribution in [0.5, 0.6) is 5.75 Å². The molecule has 0 bridgehead atoms. The summed E-state index contributed by atoms with van der Waals surface area (Å²) in [4.78, 5) is 19.5. The lowest BCUT2D eigenvalue weighted by molar-refractivity contribution is 0.0950. The maximum absolute atomic E-state index is 12.7. The third-order valence-electron chi connectivity index (χ3n) is 5.88. The van der Waals surface area contributed by atoms with Gasteiger partial charge in [-0.2, -0.15) is 0 Å². The van der Waals surface area contributed by atoms with Gasteiger partial charge in [0.1, 0.15) is 12.4 Å². The number of amides is 1. The zero-order chi connectivity index (χ0) is 22.1. The Morgan fingerprint density at radius 3 is 2.78 bits per heavy atom. The normalized spacial score (nSPS) is 13.0. The summed E-state index contributed by atoms with van der Waals surface area (Å²) in [5.74, 6) is 0.627. The second-order valence-corrected chi connectivity index (χ2v) is 8.79. The van der Waals surface area contributed by atoms with Crippen LogP contribution in [0, 0.1) is 6.92 Å². The van der Waals surface area contributed by atoms with Gasteiger partial charge in [0.15, 0.2) is 0 Å². The summed E-state index contributed by atoms with van der Waals surface area (Å²) < 4.78 is 5.91. The third-order valence-corrected chi connectivity index (χ3v) is 6.62. The fraction of sp³-hybridized carbons (Fsp3) is 0.192. The summed E-state index contributed by atoms with van der Waals surface area (Å²) >= 11 is 1.70. The predicted octanol–water partition coefficient (Wildman–Crippen LogP) is 5.66. The van der Waals surface area contributed by atoms with Gasteiger partial charge in [0.25, 0.3) is 5.91 Å². The van der Waals surface area contributed by atoms with Gasteiger partial charge in [-0.15, -0.1) is 11.8 Å². The Kier molecular flexibility index (Phi) is 5.53. The van der Waals surface area contributed by atoms with Crippen molar-refractivity contribution in [3.05, 3.63) is 83.6 Å². The number of fused-ring (bicyclic) bond motifs is 2. The lowest BCUT2D eigenvalue weighted by Crippen LogP contribution is -2.29. The molecule has 2 heterocycles. The Morgan fingerprint density at radius 2 is 1.97 bits per heavy atom. The number of rotatable bonds is 5. The Balaban J connectivity index is 1.34. The van der Waals surface area contributed by atoms with Crippen LogP contribution in [-0.2, 0) is 6.54 Å². The second kappa shape index (κ2) is 8.63. The molecule has 6 heteroatoms. The van der Waals surface area contributed by atoms with Crippen LogP contribution in [0.25, 0.3) is 10.9 Å². The molecule has 2 N–H and O–H groups in total. The minimum Gasteiger partial charge on any atom is -0.490 e. The molecule has 0 unspecified atom stereocenters. The number of aryl methyl sites for hydroxylation is 1. The Labute approximate surface area is 191 Å². The smallest absolute Gasteiger partial charge is 0.251 e. The van der Waals surface area contributed by atoms with E-state index >= 15 is 0 Å². The van der Waals surface area contributed by atoms with E-state index in [9.17, 15) is 4.79 Å². The summed E-state index contributed by atoms with van der Waals surface area (Å²) in [6.45, 7) is 3.93. The van der Waals surface area contributed by atoms with Gasteiger partial charge in [-0.3, -0.25) is 4.79 Å². The van der Waals surface area contributed by atoms with Gasteiger partial charge in [-0.25, -0.2) is 0 Å². The van der Waals surface area contributed by atoms with Crippen molar-refractivity contribution >= 4 is 39.9 Å². The molecule has 32 heavy (non-hydrogen) atoms. The van der Waals surface area contributed by atoms with E-state index in [4.69, 9.17) is 4.74 Å². The van der Waals surface area contributed by atoms with Gasteiger partial charge in [0, 0.05) is 39.8 Å². The van der Waals surface area contributed by atoms with Gasteiger partial charge >= 0.3 is 0 Å². The van der Waals surface area contributed by atoms with E-state index in [1.807, 2.05) is 36.5 Å². The highest BCUT2D eigenvalue weighted by Crippen LogP contribution is 2.38. The van der Waals surface area contributed by atoms with E-state index in [1.165, 1.54) is 15.8 Å². The molecular weight excluding hydrogens is 418 g/mol. The zero-order valence-electron chi connectivity index (χ0n) is 18.1. The van der Waals surface area contributed by atoms with E-state index in [2.05, 4.69) is 58.7 Å². The van der Waals surface area contributed by atoms with E-state index in [1.54, 1.807) is 11.8 Å². The number of ether oxygens (including phenoxy) is 1. The van der Waals surface area contributed by atoms with E-state index in [0.717, 1.165) is 34.7 Å². The van der Waals surface area contributed by atoms with Crippen LogP contribution in [0.3, 0.4) is 0 Å². The monoisotopic (exact) mass is 443 g/mol. The van der Waals surface area contributed by atoms with Crippen molar-refractivity contribution in [1.82, 2.24) is 10.3 Å². The van der Waals surface area contributed by atoms with Crippen LogP contribution in [0.1, 0.15) is 21.5 Å². The van der Waals surface area contributed by atoms with Crippen LogP contribution < -0.4 is 15.0 Å². The largest absolute Gasteiger partial charge is 0.490 e. The first-order valence-electron chi connectivity index (χ1n) is 10.7. The van der Waals surface area contributed by atoms with Gasteiger partial charge in [0.2, 0.25) is 0 Å². The molecule has 5 rings (SSSR count). The fourth-order valence-electron chi connectivity index (χ4n) is 4.08. The van der Waals surface area contributed by atoms with Gasteiger partial charge in [-0.05, 0) is 66.8 Å². The second-order valence-electron chi connectivity index (χ2n) is 7.91. The molecule has 0 spiro atoms. The minimum atomic E-state index is -0.106. The number of carbonyl (C=O) groups is 1. The average molecular weight is 444 g/mol. The van der Waals surface area contributed by atoms with Gasteiger partial charge < -0.3 is 19.9 Å². The first kappa shape index (κ1) is 20.5. The number of carbonyl (C=O) groups excluding carboxylic acids is 1. The highest BCUT2D eigenvalue weighted by molar-refractivity contribution is 7.98. The van der Waals surface area contributed by atoms with Crippen LogP contribution in [0.2, 0.25) is 0 Å². The number of nitrogens with zero attached hydrogens (tertiary/aromatic N) is 1. The van der Waals surface area contributed by atoms with Gasteiger partial charge in [-0.1, -0.05) is 18.2 Å². The number of hydrogen-bond acceptors (Lipinski definition) is 4. The summed E-state index contributed by atoms with van der Waals surface area (Å²) in [7, 11) is 0. The number of aromatic amines is 1. The van der Waals surface area contributed by atoms with E-state index in [-0.39, 0.29) is 5.91 Å². The number of anilines is 2. The molecule has 0 fully saturated rings. The molecule has 1 amide bonds. The summed E-state index contributed by atoms with van der Waals surface area (Å²) in [6.07, 6.45) is 4.08. The molecule has 162 valence electrons. The van der Waals surface area contributed by atoms with Crippen molar-refractivity contribution in [3.63, 3.8) is 0 Å². The summed E-state index contributed by atoms with van der Waals surface area (Å²) in [6, 6.07) is 20.4. The Hall–Kier alpha value is -3.38. The number of hydrogen-bond donors (Lipinski definition) is 2. The minimum absolute atomic E-state index is 0.106. The molecule has 0 aliphatic carbocycles. The predicted molar refractivity (Wildman–Crippen MR) is 131 cm³/mol. The van der Waals surface area contributed by atoms with Crippen molar-refractivity contribution in [1.29, 1.82) is 0 Å². The molecule has 0 saturated carbocycles. The van der Waals surface area contributed by atoms with Crippen LogP contribution >= 0.6 is 11.8 Å². The number of nitrogens with one attached hydrogen (secondary N) is 2. The number of aromatic nitrogens is 1. The quantitative estimate of drug-likeness (QED) is 0.391. The zero-order valence-corrected chi connectivity index (χ0v) is 19.0. The molecule has 5 nitrogen and oxygen atoms in total. The Bertz CT molecular complexity index is 1280. The SMILES string of the molecule is CSc1ccc(CNC(=O)c2ccc3c(c2)OCCN3c2ccc3c(C)c[nH]c3c2)cc1. The fourth-order valence-corrected chi connectivity index (χ4v) is 4.49. The van der Waals surface area contributed by atoms with Gasteiger partial charge in [0.05, 0.1) is 12.2 Å². The molecule has 1 aliphatic rings. The molecular formula is C26H25N3O2S. The third kappa shape index (κ3) is 3.94. The van der Waals surface area contributed by atoms with Crippen molar-refractivity contribution in [2.24, 2.45) is 0 Å². The lowest BCUT2D eigenvalue weighted by atomic mass is 10.1. The molecule has 0 atom stereocenters. The van der Waals surface area contributed by atoms with Crippen LogP contribution in [0.4, 0.5) is 11.4 Å². The highest BCUT2D eigenvalue weighted by atomic mass is 32.2. The molecule has 0 saturated heterocycles. The summed E-state index contributed by atoms with van der Waals surface area (Å²) in [5.41, 5.74) is 6.12. The van der Waals surface area contributed by atoms with Crippen molar-refractivity contribution in [2.75, 3.05) is 24.3 Å². The maximum Gasteiger partial charge on any atom is 0.251 e. The average Bonchev–Trinajstić information content (AvgIpc) is 3.22. The standard InChI is InChI=1S/C26H25N3O2S/c1-17-15-27-23-14-20(6-9-22(17)23)29-11-12-31-25-13-19(5-10-24(25)29)26(30)28-16-18-3-7-21(32-2)8-4-18/h3-10,13-15,27H,11-12,16H2,1-2H3,(H,28,30). The molecule has 1 aliphatic heterocycles. The van der Waals surface area contributed by atoms with E-state index in [0.29, 0.717) is 18.7 Å². The number of benzene rings is 3. The first-order valence-corrected chi connectivity index (χ1v) is 11.9. The summed E-state index contributed by atoms with van der Waals surface area (Å²) in [5, 5.41) is 4.24. The van der Waals surface area contributed by atoms with Crippen molar-refractivity contribution < 1.29 is 9.53 Å². The highest BCUT2D eigenvalue weighted by Gasteiger charge is 2.21. The molecule has 0 radical (unpaired) electrons. The van der Waals surface area contributed by atoms with Crippen LogP contribution in [-0.4, -0.2) is 30.3 Å². The van der Waals surface area contributed by atoms with Crippen LogP contribution in [0.15, 0.2) is 71.8 Å². The number of thioether (sulfide) groups is 1. The number of H-pyrrole nitrogens is 1. The Morgan fingerprint density at radius 1 is 1.12 bits per heavy atom. The first-order chi connectivity index (χ1) is 15.6. The molecule has 4 aromatic rings. The topological polar surface area (TPSA) is 57.4 Å².